The van der Waals surface area contributed by atoms with E-state index >= 15 is 0 Å². The Balaban J connectivity index is 1.65. The molecule has 0 amide bonds. The molecule has 2 fully saturated rings. The Hall–Kier alpha value is -2.20. The standard InChI is InChI=1S/C17H24FN9O3S2/c18-12-9-27(6-4-10(12)7-19)13-1-2-14-16(15(13)17-21-24-25-22-17)32(29,30)26-31(14,28)23-11-3-5-20-8-11/h1-2,10-12,20H,3-9,19H2,(H,23,26,28)(H,21,22,24,25)/t10-,11+,12-,31?/m0/s1. The number of aromatic nitrogens is 4. The van der Waals surface area contributed by atoms with E-state index in [0.29, 0.717) is 31.6 Å². The van der Waals surface area contributed by atoms with Crippen LogP contribution >= 0.6 is 0 Å². The number of hydrogen-bond donors (Lipinski definition) is 4. The van der Waals surface area contributed by atoms with Crippen LogP contribution in [0.2, 0.25) is 0 Å². The number of piperidine rings is 1. The van der Waals surface area contributed by atoms with Gasteiger partial charge in [0.25, 0.3) is 10.0 Å². The van der Waals surface area contributed by atoms with Gasteiger partial charge in [-0.15, -0.1) is 10.2 Å². The molecule has 174 valence electrons. The van der Waals surface area contributed by atoms with Gasteiger partial charge in [-0.3, -0.25) is 0 Å². The molecule has 0 aliphatic carbocycles. The predicted octanol–water partition coefficient (Wildman–Crippen LogP) is -0.614. The number of H-pyrrole nitrogens is 1. The summed E-state index contributed by atoms with van der Waals surface area (Å²) in [6, 6.07) is 2.94. The lowest BCUT2D eigenvalue weighted by atomic mass is 9.94. The zero-order valence-electron chi connectivity index (χ0n) is 17.1. The Morgan fingerprint density at radius 3 is 2.78 bits per heavy atom. The maximum Gasteiger partial charge on any atom is 0.293 e. The van der Waals surface area contributed by atoms with Gasteiger partial charge in [-0.1, -0.05) is 3.77 Å². The summed E-state index contributed by atoms with van der Waals surface area (Å²) in [5.41, 5.74) is 6.21. The second-order valence-corrected chi connectivity index (χ2v) is 11.8. The molecule has 32 heavy (non-hydrogen) atoms. The summed E-state index contributed by atoms with van der Waals surface area (Å²) in [5, 5.41) is 17.0. The Labute approximate surface area is 184 Å². The highest BCUT2D eigenvalue weighted by molar-refractivity contribution is 8.05. The van der Waals surface area contributed by atoms with Crippen molar-refractivity contribution in [3.8, 4) is 11.4 Å². The first-order valence-electron chi connectivity index (χ1n) is 10.3. The molecule has 1 unspecified atom stereocenters. The SMILES string of the molecule is NC[C@@H]1CCN(c2ccc3c(c2-c2nn[nH]n2)S(=O)(=O)N=S3(=O)N[C@@H]2CCNC2)C[C@@H]1F. The third kappa shape index (κ3) is 3.57. The van der Waals surface area contributed by atoms with Crippen LogP contribution in [0.1, 0.15) is 12.8 Å². The zero-order valence-corrected chi connectivity index (χ0v) is 18.7. The summed E-state index contributed by atoms with van der Waals surface area (Å²) in [6.07, 6.45) is 0.0538. The Bertz CT molecular complexity index is 1240. The third-order valence-corrected chi connectivity index (χ3v) is 10.4. The fourth-order valence-corrected chi connectivity index (χ4v) is 9.21. The van der Waals surface area contributed by atoms with Crippen molar-refractivity contribution in [3.63, 3.8) is 0 Å². The van der Waals surface area contributed by atoms with Crippen molar-refractivity contribution in [1.82, 2.24) is 30.7 Å². The first-order valence-corrected chi connectivity index (χ1v) is 13.3. The average molecular weight is 486 g/mol. The number of anilines is 1. The summed E-state index contributed by atoms with van der Waals surface area (Å²) < 4.78 is 61.3. The highest BCUT2D eigenvalue weighted by Gasteiger charge is 2.41. The van der Waals surface area contributed by atoms with Crippen LogP contribution in [-0.2, 0) is 19.9 Å². The summed E-state index contributed by atoms with van der Waals surface area (Å²) in [4.78, 5) is 1.57. The maximum atomic E-state index is 14.7. The van der Waals surface area contributed by atoms with Gasteiger partial charge in [0.2, 0.25) is 5.82 Å². The molecule has 4 heterocycles. The van der Waals surface area contributed by atoms with Crippen LogP contribution in [-0.4, -0.2) is 78.2 Å². The lowest BCUT2D eigenvalue weighted by molar-refractivity contribution is 0.202. The fourth-order valence-electron chi connectivity index (χ4n) is 4.49. The number of alkyl halides is 1. The number of hydrogen-bond acceptors (Lipinski definition) is 9. The molecular weight excluding hydrogens is 461 g/mol. The zero-order chi connectivity index (χ0) is 22.5. The topological polar surface area (TPSA) is 171 Å². The quantitative estimate of drug-likeness (QED) is 0.431. The van der Waals surface area contributed by atoms with E-state index in [1.54, 1.807) is 11.0 Å². The van der Waals surface area contributed by atoms with E-state index in [-0.39, 0.29) is 46.2 Å². The highest BCUT2D eigenvalue weighted by atomic mass is 32.3. The van der Waals surface area contributed by atoms with E-state index in [4.69, 9.17) is 5.73 Å². The second-order valence-electron chi connectivity index (χ2n) is 8.15. The van der Waals surface area contributed by atoms with Crippen LogP contribution in [0.25, 0.3) is 11.4 Å². The minimum absolute atomic E-state index is 0.0122. The van der Waals surface area contributed by atoms with Gasteiger partial charge in [-0.05, 0) is 43.3 Å². The van der Waals surface area contributed by atoms with Crippen molar-refractivity contribution in [1.29, 1.82) is 0 Å². The fraction of sp³-hybridized carbons (Fsp3) is 0.588. The van der Waals surface area contributed by atoms with Crippen molar-refractivity contribution in [2.45, 2.75) is 34.8 Å². The normalized spacial score (nSPS) is 31.4. The van der Waals surface area contributed by atoms with Crippen LogP contribution in [0, 0.1) is 5.92 Å². The first kappa shape index (κ1) is 21.6. The molecule has 2 aromatic rings. The van der Waals surface area contributed by atoms with Crippen LogP contribution in [0.5, 0.6) is 0 Å². The summed E-state index contributed by atoms with van der Waals surface area (Å²) in [7, 11) is -7.73. The minimum Gasteiger partial charge on any atom is -0.368 e. The van der Waals surface area contributed by atoms with Gasteiger partial charge in [-0.2, -0.15) is 13.6 Å². The number of benzene rings is 1. The van der Waals surface area contributed by atoms with E-state index in [1.165, 1.54) is 6.07 Å². The number of nitrogens with one attached hydrogen (secondary N) is 3. The minimum atomic E-state index is -4.30. The van der Waals surface area contributed by atoms with Gasteiger partial charge in [0.1, 0.15) is 11.1 Å². The van der Waals surface area contributed by atoms with Gasteiger partial charge in [0.15, 0.2) is 9.92 Å². The molecule has 2 saturated heterocycles. The van der Waals surface area contributed by atoms with Crippen molar-refractivity contribution in [3.05, 3.63) is 12.1 Å². The molecule has 15 heteroatoms. The van der Waals surface area contributed by atoms with Crippen LogP contribution in [0.15, 0.2) is 25.7 Å². The van der Waals surface area contributed by atoms with Crippen LogP contribution < -0.4 is 20.7 Å². The smallest absolute Gasteiger partial charge is 0.293 e. The highest BCUT2D eigenvalue weighted by Crippen LogP contribution is 2.44. The second kappa shape index (κ2) is 7.98. The number of halogens is 1. The molecule has 3 aliphatic rings. The Morgan fingerprint density at radius 1 is 1.28 bits per heavy atom. The van der Waals surface area contributed by atoms with Crippen molar-refractivity contribution in [2.75, 3.05) is 37.6 Å². The number of tetrazole rings is 1. The number of nitrogens with two attached hydrogens (primary N) is 1. The van der Waals surface area contributed by atoms with Gasteiger partial charge in [-0.25, -0.2) is 13.3 Å². The molecule has 5 rings (SSSR count). The number of nitrogens with zero attached hydrogens (tertiary/aromatic N) is 5. The predicted molar refractivity (Wildman–Crippen MR) is 114 cm³/mol. The van der Waals surface area contributed by atoms with E-state index < -0.39 is 26.1 Å². The molecule has 0 saturated carbocycles. The largest absolute Gasteiger partial charge is 0.368 e. The molecule has 12 nitrogen and oxygen atoms in total. The summed E-state index contributed by atoms with van der Waals surface area (Å²) >= 11 is 0. The lowest BCUT2D eigenvalue weighted by Crippen LogP contribution is -2.44. The van der Waals surface area contributed by atoms with E-state index in [0.717, 1.165) is 6.54 Å². The van der Waals surface area contributed by atoms with Gasteiger partial charge < -0.3 is 16.0 Å². The molecule has 4 atom stereocenters. The molecule has 3 aliphatic heterocycles. The number of aromatic amines is 1. The van der Waals surface area contributed by atoms with Crippen molar-refractivity contribution in [2.24, 2.45) is 15.4 Å². The molecular formula is C17H24FN9O3S2. The average Bonchev–Trinajstić information content (AvgIpc) is 3.49. The van der Waals surface area contributed by atoms with E-state index in [1.807, 2.05) is 0 Å². The molecule has 0 radical (unpaired) electrons. The Kier molecular flexibility index (Phi) is 5.40. The number of sulfonamides is 1. The third-order valence-electron chi connectivity index (χ3n) is 6.13. The van der Waals surface area contributed by atoms with Crippen LogP contribution in [0.3, 0.4) is 0 Å². The van der Waals surface area contributed by atoms with Gasteiger partial charge in [0, 0.05) is 37.3 Å². The summed E-state index contributed by atoms with van der Waals surface area (Å²) in [5.74, 6) is -0.242. The van der Waals surface area contributed by atoms with Gasteiger partial charge >= 0.3 is 0 Å². The molecule has 5 N–H and O–H groups in total. The molecule has 0 bridgehead atoms. The summed E-state index contributed by atoms with van der Waals surface area (Å²) in [6.45, 7) is 2.07. The number of fused-ring (bicyclic) bond motifs is 1. The Morgan fingerprint density at radius 2 is 2.12 bits per heavy atom. The van der Waals surface area contributed by atoms with Gasteiger partial charge in [0.05, 0.1) is 10.5 Å². The molecule has 1 aromatic carbocycles. The van der Waals surface area contributed by atoms with Crippen molar-refractivity contribution >= 4 is 25.6 Å². The lowest BCUT2D eigenvalue weighted by Gasteiger charge is -2.36. The molecule has 0 spiro atoms. The van der Waals surface area contributed by atoms with Crippen molar-refractivity contribution < 1.29 is 17.0 Å². The monoisotopic (exact) mass is 485 g/mol. The maximum absolute atomic E-state index is 14.7. The van der Waals surface area contributed by atoms with E-state index in [9.17, 15) is 17.0 Å². The van der Waals surface area contributed by atoms with Crippen LogP contribution in [0.4, 0.5) is 10.1 Å². The first-order chi connectivity index (χ1) is 15.3. The number of rotatable bonds is 5. The van der Waals surface area contributed by atoms with E-state index in [2.05, 4.69) is 34.4 Å². The molecule has 1 aromatic heterocycles.